The van der Waals surface area contributed by atoms with Gasteiger partial charge in [0.1, 0.15) is 12.3 Å². The number of aliphatic carboxylic acids is 1. The molecule has 7 nitrogen and oxygen atoms in total. The standard InChI is InChI=1S/C16H19N3O4/c1-11-3-4-13(12(2)9-11)23-8-6-15(20)17-14-5-7-19(18-14)10-16(21)22/h3-5,7,9H,6,8,10H2,1-2H3,(H,21,22)(H,17,18,20). The summed E-state index contributed by atoms with van der Waals surface area (Å²) < 4.78 is 6.83. The van der Waals surface area contributed by atoms with Gasteiger partial charge in [-0.3, -0.25) is 14.3 Å². The van der Waals surface area contributed by atoms with Crippen LogP contribution in [0.4, 0.5) is 5.82 Å². The number of carbonyl (C=O) groups is 2. The third kappa shape index (κ3) is 5.14. The molecule has 1 amide bonds. The first kappa shape index (κ1) is 16.5. The minimum absolute atomic E-state index is 0.180. The molecule has 23 heavy (non-hydrogen) atoms. The maximum absolute atomic E-state index is 11.8. The largest absolute Gasteiger partial charge is 0.493 e. The van der Waals surface area contributed by atoms with E-state index in [4.69, 9.17) is 9.84 Å². The van der Waals surface area contributed by atoms with E-state index in [0.29, 0.717) is 5.82 Å². The lowest BCUT2D eigenvalue weighted by Gasteiger charge is -2.09. The SMILES string of the molecule is Cc1ccc(OCCC(=O)Nc2ccn(CC(=O)O)n2)c(C)c1. The molecule has 0 aliphatic heterocycles. The van der Waals surface area contributed by atoms with Crippen LogP contribution in [-0.2, 0) is 16.1 Å². The monoisotopic (exact) mass is 317 g/mol. The van der Waals surface area contributed by atoms with Gasteiger partial charge >= 0.3 is 5.97 Å². The average molecular weight is 317 g/mol. The lowest BCUT2D eigenvalue weighted by Crippen LogP contribution is -2.16. The molecule has 1 aromatic heterocycles. The zero-order valence-electron chi connectivity index (χ0n) is 13.1. The molecule has 2 N–H and O–H groups in total. The number of benzene rings is 1. The molecular formula is C16H19N3O4. The van der Waals surface area contributed by atoms with E-state index >= 15 is 0 Å². The predicted molar refractivity (Wildman–Crippen MR) is 84.5 cm³/mol. The second kappa shape index (κ2) is 7.44. The van der Waals surface area contributed by atoms with Crippen molar-refractivity contribution in [2.75, 3.05) is 11.9 Å². The fourth-order valence-corrected chi connectivity index (χ4v) is 2.08. The van der Waals surface area contributed by atoms with E-state index in [2.05, 4.69) is 10.4 Å². The minimum atomic E-state index is -0.993. The van der Waals surface area contributed by atoms with E-state index in [1.54, 1.807) is 6.07 Å². The van der Waals surface area contributed by atoms with Crippen LogP contribution in [0.5, 0.6) is 5.75 Å². The summed E-state index contributed by atoms with van der Waals surface area (Å²) in [4.78, 5) is 22.4. The summed E-state index contributed by atoms with van der Waals surface area (Å²) in [5, 5.41) is 15.2. The fraction of sp³-hybridized carbons (Fsp3) is 0.312. The summed E-state index contributed by atoms with van der Waals surface area (Å²) in [5.41, 5.74) is 2.18. The number of rotatable bonds is 7. The molecule has 0 radical (unpaired) electrons. The molecule has 2 aromatic rings. The summed E-state index contributed by atoms with van der Waals surface area (Å²) in [7, 11) is 0. The number of amides is 1. The van der Waals surface area contributed by atoms with Crippen molar-refractivity contribution in [3.05, 3.63) is 41.6 Å². The van der Waals surface area contributed by atoms with Crippen molar-refractivity contribution >= 4 is 17.7 Å². The van der Waals surface area contributed by atoms with E-state index in [1.165, 1.54) is 10.9 Å². The topological polar surface area (TPSA) is 93.5 Å². The number of carbonyl (C=O) groups excluding carboxylic acids is 1. The van der Waals surface area contributed by atoms with Gasteiger partial charge in [0.2, 0.25) is 5.91 Å². The van der Waals surface area contributed by atoms with Gasteiger partial charge in [0.15, 0.2) is 5.82 Å². The molecule has 0 saturated heterocycles. The van der Waals surface area contributed by atoms with Gasteiger partial charge < -0.3 is 15.2 Å². The number of hydrogen-bond donors (Lipinski definition) is 2. The van der Waals surface area contributed by atoms with E-state index in [-0.39, 0.29) is 25.5 Å². The van der Waals surface area contributed by atoms with E-state index in [0.717, 1.165) is 16.9 Å². The molecule has 7 heteroatoms. The van der Waals surface area contributed by atoms with Crippen LogP contribution in [0, 0.1) is 13.8 Å². The van der Waals surface area contributed by atoms with Gasteiger partial charge in [0, 0.05) is 12.3 Å². The van der Waals surface area contributed by atoms with Crippen molar-refractivity contribution in [3.63, 3.8) is 0 Å². The second-order valence-electron chi connectivity index (χ2n) is 5.21. The van der Waals surface area contributed by atoms with Gasteiger partial charge in [-0.15, -0.1) is 0 Å². The third-order valence-electron chi connectivity index (χ3n) is 3.12. The second-order valence-corrected chi connectivity index (χ2v) is 5.21. The highest BCUT2D eigenvalue weighted by molar-refractivity contribution is 5.89. The highest BCUT2D eigenvalue weighted by Crippen LogP contribution is 2.18. The maximum atomic E-state index is 11.8. The van der Waals surface area contributed by atoms with Crippen molar-refractivity contribution in [3.8, 4) is 5.75 Å². The lowest BCUT2D eigenvalue weighted by atomic mass is 10.1. The number of aryl methyl sites for hydroxylation is 2. The normalized spacial score (nSPS) is 10.3. The summed E-state index contributed by atoms with van der Waals surface area (Å²) in [5.74, 6) is -0.153. The Labute approximate surface area is 133 Å². The van der Waals surface area contributed by atoms with Crippen molar-refractivity contribution in [2.45, 2.75) is 26.8 Å². The first-order valence-corrected chi connectivity index (χ1v) is 7.19. The molecule has 0 saturated carbocycles. The molecular weight excluding hydrogens is 298 g/mol. The summed E-state index contributed by atoms with van der Waals surface area (Å²) >= 11 is 0. The number of aromatic nitrogens is 2. The summed E-state index contributed by atoms with van der Waals surface area (Å²) in [6, 6.07) is 7.41. The van der Waals surface area contributed by atoms with Gasteiger partial charge in [-0.05, 0) is 25.5 Å². The Morgan fingerprint density at radius 3 is 2.78 bits per heavy atom. The minimum Gasteiger partial charge on any atom is -0.493 e. The van der Waals surface area contributed by atoms with Crippen LogP contribution in [0.15, 0.2) is 30.5 Å². The van der Waals surface area contributed by atoms with E-state index < -0.39 is 5.97 Å². The Kier molecular flexibility index (Phi) is 5.35. The fourth-order valence-electron chi connectivity index (χ4n) is 2.08. The number of nitrogens with one attached hydrogen (secondary N) is 1. The van der Waals surface area contributed by atoms with Crippen LogP contribution >= 0.6 is 0 Å². The Morgan fingerprint density at radius 2 is 2.09 bits per heavy atom. The van der Waals surface area contributed by atoms with Crippen LogP contribution in [0.1, 0.15) is 17.5 Å². The Hall–Kier alpha value is -2.83. The number of ether oxygens (including phenoxy) is 1. The molecule has 0 bridgehead atoms. The molecule has 0 atom stereocenters. The smallest absolute Gasteiger partial charge is 0.325 e. The zero-order valence-corrected chi connectivity index (χ0v) is 13.1. The predicted octanol–water partition coefficient (Wildman–Crippen LogP) is 1.99. The summed E-state index contributed by atoms with van der Waals surface area (Å²) in [6.07, 6.45) is 1.68. The van der Waals surface area contributed by atoms with Gasteiger partial charge in [-0.1, -0.05) is 17.7 Å². The van der Waals surface area contributed by atoms with Crippen LogP contribution in [0.3, 0.4) is 0 Å². The molecule has 0 unspecified atom stereocenters. The van der Waals surface area contributed by atoms with Crippen LogP contribution in [-0.4, -0.2) is 33.4 Å². The maximum Gasteiger partial charge on any atom is 0.325 e. The molecule has 122 valence electrons. The Balaban J connectivity index is 1.78. The van der Waals surface area contributed by atoms with E-state index in [1.807, 2.05) is 32.0 Å². The van der Waals surface area contributed by atoms with Crippen molar-refractivity contribution in [1.82, 2.24) is 9.78 Å². The third-order valence-corrected chi connectivity index (χ3v) is 3.12. The van der Waals surface area contributed by atoms with Crippen molar-refractivity contribution in [2.24, 2.45) is 0 Å². The lowest BCUT2D eigenvalue weighted by molar-refractivity contribution is -0.137. The van der Waals surface area contributed by atoms with Crippen LogP contribution in [0.2, 0.25) is 0 Å². The first-order chi connectivity index (χ1) is 10.9. The molecule has 0 aliphatic carbocycles. The molecule has 0 aliphatic rings. The Bertz CT molecular complexity index is 709. The van der Waals surface area contributed by atoms with Crippen LogP contribution in [0.25, 0.3) is 0 Å². The quantitative estimate of drug-likeness (QED) is 0.814. The van der Waals surface area contributed by atoms with Gasteiger partial charge in [-0.25, -0.2) is 0 Å². The van der Waals surface area contributed by atoms with E-state index in [9.17, 15) is 9.59 Å². The highest BCUT2D eigenvalue weighted by atomic mass is 16.5. The molecule has 0 fully saturated rings. The number of hydrogen-bond acceptors (Lipinski definition) is 4. The van der Waals surface area contributed by atoms with Gasteiger partial charge in [0.05, 0.1) is 13.0 Å². The van der Waals surface area contributed by atoms with Crippen molar-refractivity contribution < 1.29 is 19.4 Å². The molecule has 0 spiro atoms. The van der Waals surface area contributed by atoms with Crippen LogP contribution < -0.4 is 10.1 Å². The average Bonchev–Trinajstić information content (AvgIpc) is 2.87. The zero-order chi connectivity index (χ0) is 16.8. The number of nitrogens with zero attached hydrogens (tertiary/aromatic N) is 2. The van der Waals surface area contributed by atoms with Gasteiger partial charge in [-0.2, -0.15) is 5.10 Å². The number of anilines is 1. The molecule has 1 heterocycles. The molecule has 1 aromatic carbocycles. The van der Waals surface area contributed by atoms with Crippen molar-refractivity contribution in [1.29, 1.82) is 0 Å². The number of carboxylic acid groups (broad SMARTS) is 1. The number of carboxylic acids is 1. The highest BCUT2D eigenvalue weighted by Gasteiger charge is 2.07. The van der Waals surface area contributed by atoms with Gasteiger partial charge in [0.25, 0.3) is 0 Å². The first-order valence-electron chi connectivity index (χ1n) is 7.19. The Morgan fingerprint density at radius 1 is 1.30 bits per heavy atom. The molecule has 2 rings (SSSR count). The summed E-state index contributed by atoms with van der Waals surface area (Å²) in [6.45, 7) is 3.97.